The molecule has 1 saturated heterocycles. The maximum absolute atomic E-state index is 12.8. The molecule has 1 aromatic carbocycles. The van der Waals surface area contributed by atoms with Crippen molar-refractivity contribution in [1.29, 1.82) is 0 Å². The molecule has 0 bridgehead atoms. The van der Waals surface area contributed by atoms with E-state index < -0.39 is 0 Å². The highest BCUT2D eigenvalue weighted by atomic mass is 32.1. The molecule has 1 aliphatic heterocycles. The summed E-state index contributed by atoms with van der Waals surface area (Å²) in [5.74, 6) is -0.0942. The third-order valence-corrected chi connectivity index (χ3v) is 5.34. The molecular weight excluding hydrogens is 346 g/mol. The lowest BCUT2D eigenvalue weighted by molar-refractivity contribution is 0.0858. The molecule has 3 aromatic rings. The van der Waals surface area contributed by atoms with Gasteiger partial charge in [-0.15, -0.1) is 11.3 Å². The summed E-state index contributed by atoms with van der Waals surface area (Å²) in [5.41, 5.74) is 2.50. The average Bonchev–Trinajstić information content (AvgIpc) is 3.41. The van der Waals surface area contributed by atoms with Crippen LogP contribution in [-0.2, 0) is 11.3 Å². The predicted molar refractivity (Wildman–Crippen MR) is 102 cm³/mol. The predicted octanol–water partition coefficient (Wildman–Crippen LogP) is 3.57. The number of carbonyl (C=O) groups is 1. The summed E-state index contributed by atoms with van der Waals surface area (Å²) in [6.07, 6.45) is 4.04. The molecular formula is C20H21N3O2S. The van der Waals surface area contributed by atoms with Crippen molar-refractivity contribution in [3.8, 4) is 10.6 Å². The normalized spacial score (nSPS) is 16.7. The van der Waals surface area contributed by atoms with E-state index in [0.717, 1.165) is 35.6 Å². The van der Waals surface area contributed by atoms with E-state index in [1.807, 2.05) is 46.6 Å². The maximum Gasteiger partial charge on any atom is 0.255 e. The van der Waals surface area contributed by atoms with Gasteiger partial charge in [0.25, 0.3) is 5.91 Å². The van der Waals surface area contributed by atoms with Gasteiger partial charge in [0.1, 0.15) is 5.69 Å². The Bertz CT molecular complexity index is 853. The first-order valence-corrected chi connectivity index (χ1v) is 9.72. The number of nitrogens with one attached hydrogen (secondary N) is 1. The van der Waals surface area contributed by atoms with Crippen molar-refractivity contribution in [3.05, 3.63) is 65.2 Å². The Morgan fingerprint density at radius 1 is 1.27 bits per heavy atom. The molecule has 0 radical (unpaired) electrons. The Balaban J connectivity index is 1.56. The second-order valence-corrected chi connectivity index (χ2v) is 7.34. The SMILES string of the molecule is O=C(NCC1CCCO1)c1cn(Cc2ccccc2)nc1-c1cccs1. The largest absolute Gasteiger partial charge is 0.376 e. The van der Waals surface area contributed by atoms with Crippen LogP contribution >= 0.6 is 11.3 Å². The highest BCUT2D eigenvalue weighted by molar-refractivity contribution is 7.13. The summed E-state index contributed by atoms with van der Waals surface area (Å²) >= 11 is 1.59. The van der Waals surface area contributed by atoms with E-state index in [-0.39, 0.29) is 12.0 Å². The Hall–Kier alpha value is -2.44. The van der Waals surface area contributed by atoms with Crippen LogP contribution in [0.4, 0.5) is 0 Å². The second-order valence-electron chi connectivity index (χ2n) is 6.40. The van der Waals surface area contributed by atoms with Gasteiger partial charge in [-0.2, -0.15) is 5.10 Å². The summed E-state index contributed by atoms with van der Waals surface area (Å²) < 4.78 is 7.43. The van der Waals surface area contributed by atoms with Crippen molar-refractivity contribution in [2.75, 3.05) is 13.2 Å². The molecule has 3 heterocycles. The van der Waals surface area contributed by atoms with Gasteiger partial charge in [-0.05, 0) is 29.9 Å². The fourth-order valence-corrected chi connectivity index (χ4v) is 3.86. The van der Waals surface area contributed by atoms with Crippen LogP contribution in [0.2, 0.25) is 0 Å². The lowest BCUT2D eigenvalue weighted by Crippen LogP contribution is -2.31. The second kappa shape index (κ2) is 7.85. The highest BCUT2D eigenvalue weighted by Crippen LogP contribution is 2.27. The summed E-state index contributed by atoms with van der Waals surface area (Å²) in [6, 6.07) is 14.1. The molecule has 6 heteroatoms. The van der Waals surface area contributed by atoms with Crippen molar-refractivity contribution in [2.24, 2.45) is 0 Å². The van der Waals surface area contributed by atoms with Crippen molar-refractivity contribution in [3.63, 3.8) is 0 Å². The molecule has 1 aliphatic rings. The molecule has 1 unspecified atom stereocenters. The van der Waals surface area contributed by atoms with Crippen LogP contribution in [0, 0.1) is 0 Å². The number of rotatable bonds is 6. The van der Waals surface area contributed by atoms with Gasteiger partial charge in [0.2, 0.25) is 0 Å². The molecule has 2 aromatic heterocycles. The van der Waals surface area contributed by atoms with E-state index in [1.165, 1.54) is 0 Å². The molecule has 0 saturated carbocycles. The van der Waals surface area contributed by atoms with Crippen molar-refractivity contribution in [2.45, 2.75) is 25.5 Å². The number of hydrogen-bond donors (Lipinski definition) is 1. The monoisotopic (exact) mass is 367 g/mol. The lowest BCUT2D eigenvalue weighted by atomic mass is 10.2. The number of amides is 1. The first kappa shape index (κ1) is 17.0. The molecule has 1 fully saturated rings. The smallest absolute Gasteiger partial charge is 0.255 e. The molecule has 1 N–H and O–H groups in total. The quantitative estimate of drug-likeness (QED) is 0.725. The van der Waals surface area contributed by atoms with Gasteiger partial charge in [-0.25, -0.2) is 0 Å². The van der Waals surface area contributed by atoms with Gasteiger partial charge in [0, 0.05) is 19.3 Å². The molecule has 0 aliphatic carbocycles. The Kier molecular flexibility index (Phi) is 5.13. The topological polar surface area (TPSA) is 56.1 Å². The van der Waals surface area contributed by atoms with Crippen LogP contribution in [0.3, 0.4) is 0 Å². The molecule has 26 heavy (non-hydrogen) atoms. The molecule has 0 spiro atoms. The standard InChI is InChI=1S/C20H21N3O2S/c24-20(21-12-16-8-4-10-25-16)17-14-23(13-15-6-2-1-3-7-15)22-19(17)18-9-5-11-26-18/h1-3,5-7,9,11,14,16H,4,8,10,12-13H2,(H,21,24). The van der Waals surface area contributed by atoms with Crippen LogP contribution in [0.15, 0.2) is 54.0 Å². The van der Waals surface area contributed by atoms with Crippen LogP contribution in [0.5, 0.6) is 0 Å². The summed E-state index contributed by atoms with van der Waals surface area (Å²) in [7, 11) is 0. The van der Waals surface area contributed by atoms with Crippen molar-refractivity contribution < 1.29 is 9.53 Å². The first-order chi connectivity index (χ1) is 12.8. The van der Waals surface area contributed by atoms with E-state index in [0.29, 0.717) is 18.7 Å². The fraction of sp³-hybridized carbons (Fsp3) is 0.300. The van der Waals surface area contributed by atoms with E-state index in [1.54, 1.807) is 11.3 Å². The van der Waals surface area contributed by atoms with E-state index in [4.69, 9.17) is 4.74 Å². The van der Waals surface area contributed by atoms with Crippen LogP contribution in [0.1, 0.15) is 28.8 Å². The Labute approximate surface area is 156 Å². The maximum atomic E-state index is 12.8. The third kappa shape index (κ3) is 3.86. The molecule has 1 atom stereocenters. The first-order valence-electron chi connectivity index (χ1n) is 8.84. The van der Waals surface area contributed by atoms with Gasteiger partial charge in [-0.3, -0.25) is 9.48 Å². The van der Waals surface area contributed by atoms with Gasteiger partial charge >= 0.3 is 0 Å². The summed E-state index contributed by atoms with van der Waals surface area (Å²) in [5, 5.41) is 9.69. The molecule has 4 rings (SSSR count). The van der Waals surface area contributed by atoms with Gasteiger partial charge in [0.15, 0.2) is 0 Å². The molecule has 134 valence electrons. The zero-order valence-electron chi connectivity index (χ0n) is 14.4. The van der Waals surface area contributed by atoms with Crippen LogP contribution < -0.4 is 5.32 Å². The van der Waals surface area contributed by atoms with Gasteiger partial charge in [-0.1, -0.05) is 36.4 Å². The van der Waals surface area contributed by atoms with Gasteiger partial charge < -0.3 is 10.1 Å². The van der Waals surface area contributed by atoms with Crippen molar-refractivity contribution >= 4 is 17.2 Å². The zero-order chi connectivity index (χ0) is 17.8. The minimum Gasteiger partial charge on any atom is -0.376 e. The van der Waals surface area contributed by atoms with Gasteiger partial charge in [0.05, 0.1) is 23.1 Å². The van der Waals surface area contributed by atoms with Crippen molar-refractivity contribution in [1.82, 2.24) is 15.1 Å². The molecule has 1 amide bonds. The lowest BCUT2D eigenvalue weighted by Gasteiger charge is -2.10. The summed E-state index contributed by atoms with van der Waals surface area (Å²) in [4.78, 5) is 13.8. The van der Waals surface area contributed by atoms with E-state index >= 15 is 0 Å². The minimum atomic E-state index is -0.0942. The average molecular weight is 367 g/mol. The number of nitrogens with zero attached hydrogens (tertiary/aromatic N) is 2. The van der Waals surface area contributed by atoms with Crippen LogP contribution in [-0.4, -0.2) is 34.9 Å². The number of ether oxygens (including phenoxy) is 1. The zero-order valence-corrected chi connectivity index (χ0v) is 15.2. The number of aromatic nitrogens is 2. The Morgan fingerprint density at radius 3 is 2.88 bits per heavy atom. The summed E-state index contributed by atoms with van der Waals surface area (Å²) in [6.45, 7) is 1.97. The number of carbonyl (C=O) groups excluding carboxylic acids is 1. The number of thiophene rings is 1. The third-order valence-electron chi connectivity index (χ3n) is 4.46. The highest BCUT2D eigenvalue weighted by Gasteiger charge is 2.21. The number of benzene rings is 1. The van der Waals surface area contributed by atoms with E-state index in [2.05, 4.69) is 22.5 Å². The van der Waals surface area contributed by atoms with Crippen LogP contribution in [0.25, 0.3) is 10.6 Å². The Morgan fingerprint density at radius 2 is 2.15 bits per heavy atom. The van der Waals surface area contributed by atoms with E-state index in [9.17, 15) is 4.79 Å². The number of hydrogen-bond acceptors (Lipinski definition) is 4. The molecule has 5 nitrogen and oxygen atoms in total. The fourth-order valence-electron chi connectivity index (χ4n) is 3.14. The minimum absolute atomic E-state index is 0.0942.